The molecule has 0 aliphatic rings. The monoisotopic (exact) mass is 879 g/mol. The van der Waals surface area contributed by atoms with Crippen LogP contribution in [0.2, 0.25) is 0 Å². The Morgan fingerprint density at radius 1 is 0.333 bits per heavy atom. The van der Waals surface area contributed by atoms with Gasteiger partial charge in [-0.15, -0.1) is 0 Å². The van der Waals surface area contributed by atoms with Gasteiger partial charge in [-0.2, -0.15) is 0 Å². The van der Waals surface area contributed by atoms with Crippen LogP contribution in [0.3, 0.4) is 0 Å². The first kappa shape index (κ1) is 59.9. The minimum Gasteiger partial charge on any atom is -0.462 e. The lowest BCUT2D eigenvalue weighted by Crippen LogP contribution is -2.30. The molecule has 6 nitrogen and oxygen atoms in total. The van der Waals surface area contributed by atoms with Crippen molar-refractivity contribution in [2.45, 2.75) is 258 Å². The predicted molar refractivity (Wildman–Crippen MR) is 270 cm³/mol. The molecule has 0 aromatic heterocycles. The minimum absolute atomic E-state index is 0.0915. The number of hydrogen-bond donors (Lipinski definition) is 0. The van der Waals surface area contributed by atoms with Gasteiger partial charge in [-0.1, -0.05) is 203 Å². The van der Waals surface area contributed by atoms with Crippen LogP contribution < -0.4 is 0 Å². The van der Waals surface area contributed by atoms with Gasteiger partial charge in [-0.25, -0.2) is 0 Å². The van der Waals surface area contributed by atoms with Crippen molar-refractivity contribution < 1.29 is 28.6 Å². The number of hydrogen-bond acceptors (Lipinski definition) is 6. The van der Waals surface area contributed by atoms with Gasteiger partial charge >= 0.3 is 17.9 Å². The van der Waals surface area contributed by atoms with Gasteiger partial charge in [0.1, 0.15) is 13.2 Å². The smallest absolute Gasteiger partial charge is 0.306 e. The summed E-state index contributed by atoms with van der Waals surface area (Å²) in [5.41, 5.74) is 0. The number of rotatable bonds is 47. The van der Waals surface area contributed by atoms with E-state index < -0.39 is 6.10 Å². The molecule has 0 rings (SSSR count). The van der Waals surface area contributed by atoms with E-state index in [4.69, 9.17) is 14.2 Å². The molecule has 0 saturated heterocycles. The van der Waals surface area contributed by atoms with E-state index >= 15 is 0 Å². The lowest BCUT2D eigenvalue weighted by atomic mass is 10.1. The van der Waals surface area contributed by atoms with Crippen molar-refractivity contribution in [2.24, 2.45) is 0 Å². The van der Waals surface area contributed by atoms with Gasteiger partial charge in [0.25, 0.3) is 0 Å². The van der Waals surface area contributed by atoms with Crippen molar-refractivity contribution in [1.29, 1.82) is 0 Å². The Morgan fingerprint density at radius 2 is 0.619 bits per heavy atom. The first-order valence-corrected chi connectivity index (χ1v) is 26.4. The molecule has 0 spiro atoms. The zero-order valence-corrected chi connectivity index (χ0v) is 41.3. The molecule has 0 bridgehead atoms. The van der Waals surface area contributed by atoms with Crippen LogP contribution in [-0.2, 0) is 28.6 Å². The van der Waals surface area contributed by atoms with E-state index in [1.807, 2.05) is 0 Å². The average molecular weight is 879 g/mol. The number of ether oxygens (including phenoxy) is 3. The molecule has 0 aliphatic heterocycles. The molecular weight excluding hydrogens is 781 g/mol. The van der Waals surface area contributed by atoms with Gasteiger partial charge in [0.2, 0.25) is 0 Å². The fraction of sp³-hybridized carbons (Fsp3) is 0.737. The number of allylic oxidation sites excluding steroid dienone is 12. The lowest BCUT2D eigenvalue weighted by molar-refractivity contribution is -0.167. The molecule has 362 valence electrons. The fourth-order valence-electron chi connectivity index (χ4n) is 7.25. The topological polar surface area (TPSA) is 78.9 Å². The summed E-state index contributed by atoms with van der Waals surface area (Å²) in [6.07, 6.45) is 64.6. The van der Waals surface area contributed by atoms with Crippen molar-refractivity contribution in [1.82, 2.24) is 0 Å². The predicted octanol–water partition coefficient (Wildman–Crippen LogP) is 17.4. The highest BCUT2D eigenvalue weighted by Gasteiger charge is 2.19. The molecular formula is C57H98O6. The van der Waals surface area contributed by atoms with Crippen molar-refractivity contribution in [3.05, 3.63) is 72.9 Å². The Balaban J connectivity index is 4.38. The largest absolute Gasteiger partial charge is 0.462 e. The van der Waals surface area contributed by atoms with E-state index in [-0.39, 0.29) is 31.1 Å². The summed E-state index contributed by atoms with van der Waals surface area (Å²) in [4.78, 5) is 38.0. The van der Waals surface area contributed by atoms with E-state index in [1.165, 1.54) is 89.9 Å². The fourth-order valence-corrected chi connectivity index (χ4v) is 7.25. The molecule has 0 amide bonds. The number of esters is 3. The molecule has 0 aromatic carbocycles. The van der Waals surface area contributed by atoms with Crippen LogP contribution in [-0.4, -0.2) is 37.2 Å². The molecule has 0 fully saturated rings. The van der Waals surface area contributed by atoms with Crippen LogP contribution in [0.4, 0.5) is 0 Å². The molecule has 0 radical (unpaired) electrons. The van der Waals surface area contributed by atoms with Gasteiger partial charge in [0.05, 0.1) is 0 Å². The third kappa shape index (κ3) is 49.7. The SMILES string of the molecule is CC/C=C\C/C=C\C/C=C\CCCCCCC(=O)OC(COC(=O)CCCCCCC/C=C\C/C=C\CC)COC(=O)CCCCCCCCC/C=C\CCCCCCCCCC. The second kappa shape index (κ2) is 51.5. The van der Waals surface area contributed by atoms with E-state index in [0.717, 1.165) is 122 Å². The summed E-state index contributed by atoms with van der Waals surface area (Å²) in [6.45, 7) is 6.38. The standard InChI is InChI=1S/C57H98O6/c1-4-7-10-13-16-19-22-25-27-28-29-30-31-33-35-38-41-44-47-50-56(59)62-53-54(52-61-55(58)49-46-43-40-37-34-24-21-18-15-12-9-6-3)63-57(60)51-48-45-42-39-36-32-26-23-20-17-14-11-8-5-2/h8-9,11-12,17-18,20-21,26,28-29,32,54H,4-7,10,13-16,19,22-25,27,30-31,33-53H2,1-3H3/b11-8-,12-9-,20-17-,21-18-,29-28-,32-26-. The Labute approximate surface area is 389 Å². The Morgan fingerprint density at radius 3 is 0.984 bits per heavy atom. The summed E-state index contributed by atoms with van der Waals surface area (Å²) in [5, 5.41) is 0. The maximum absolute atomic E-state index is 12.8. The molecule has 63 heavy (non-hydrogen) atoms. The minimum atomic E-state index is -0.794. The summed E-state index contributed by atoms with van der Waals surface area (Å²) in [5.74, 6) is -0.931. The normalized spacial score (nSPS) is 12.6. The van der Waals surface area contributed by atoms with Crippen LogP contribution in [0.1, 0.15) is 252 Å². The summed E-state index contributed by atoms with van der Waals surface area (Å²) in [6, 6.07) is 0. The molecule has 0 N–H and O–H groups in total. The lowest BCUT2D eigenvalue weighted by Gasteiger charge is -2.18. The van der Waals surface area contributed by atoms with Crippen LogP contribution in [0.15, 0.2) is 72.9 Å². The molecule has 0 aliphatic carbocycles. The van der Waals surface area contributed by atoms with E-state index in [2.05, 4.69) is 93.7 Å². The van der Waals surface area contributed by atoms with Crippen LogP contribution in [0.5, 0.6) is 0 Å². The highest BCUT2D eigenvalue weighted by molar-refractivity contribution is 5.71. The first-order valence-electron chi connectivity index (χ1n) is 26.4. The average Bonchev–Trinajstić information content (AvgIpc) is 3.28. The van der Waals surface area contributed by atoms with Gasteiger partial charge in [0, 0.05) is 19.3 Å². The zero-order chi connectivity index (χ0) is 45.8. The van der Waals surface area contributed by atoms with Gasteiger partial charge in [-0.05, 0) is 103 Å². The summed E-state index contributed by atoms with van der Waals surface area (Å²) < 4.78 is 16.8. The highest BCUT2D eigenvalue weighted by atomic mass is 16.6. The van der Waals surface area contributed by atoms with Crippen molar-refractivity contribution in [3.63, 3.8) is 0 Å². The number of carbonyl (C=O) groups excluding carboxylic acids is 3. The maximum Gasteiger partial charge on any atom is 0.306 e. The highest BCUT2D eigenvalue weighted by Crippen LogP contribution is 2.14. The van der Waals surface area contributed by atoms with E-state index in [0.29, 0.717) is 19.3 Å². The van der Waals surface area contributed by atoms with Crippen molar-refractivity contribution in [3.8, 4) is 0 Å². The zero-order valence-electron chi connectivity index (χ0n) is 41.3. The van der Waals surface area contributed by atoms with Crippen molar-refractivity contribution in [2.75, 3.05) is 13.2 Å². The molecule has 0 heterocycles. The molecule has 0 aromatic rings. The number of unbranched alkanes of at least 4 members (excludes halogenated alkanes) is 24. The molecule has 0 saturated carbocycles. The second-order valence-corrected chi connectivity index (χ2v) is 17.4. The van der Waals surface area contributed by atoms with Crippen molar-refractivity contribution >= 4 is 17.9 Å². The molecule has 1 unspecified atom stereocenters. The van der Waals surface area contributed by atoms with Crippen LogP contribution >= 0.6 is 0 Å². The number of carbonyl (C=O) groups is 3. The Hall–Kier alpha value is -3.15. The van der Waals surface area contributed by atoms with Crippen LogP contribution in [0, 0.1) is 0 Å². The third-order valence-corrected chi connectivity index (χ3v) is 11.2. The summed E-state index contributed by atoms with van der Waals surface area (Å²) in [7, 11) is 0. The third-order valence-electron chi connectivity index (χ3n) is 11.2. The second-order valence-electron chi connectivity index (χ2n) is 17.4. The van der Waals surface area contributed by atoms with E-state index in [9.17, 15) is 14.4 Å². The first-order chi connectivity index (χ1) is 31.0. The van der Waals surface area contributed by atoms with Gasteiger partial charge in [-0.3, -0.25) is 14.4 Å². The van der Waals surface area contributed by atoms with Gasteiger partial charge < -0.3 is 14.2 Å². The maximum atomic E-state index is 12.8. The molecule has 1 atom stereocenters. The van der Waals surface area contributed by atoms with Gasteiger partial charge in [0.15, 0.2) is 6.10 Å². The quantitative estimate of drug-likeness (QED) is 0.0262. The Kier molecular flexibility index (Phi) is 48.9. The van der Waals surface area contributed by atoms with Crippen LogP contribution in [0.25, 0.3) is 0 Å². The van der Waals surface area contributed by atoms with E-state index in [1.54, 1.807) is 0 Å². The Bertz CT molecular complexity index is 1190. The molecule has 6 heteroatoms. The summed E-state index contributed by atoms with van der Waals surface area (Å²) >= 11 is 0.